The normalized spacial score (nSPS) is 10.5. The summed E-state index contributed by atoms with van der Waals surface area (Å²) in [7, 11) is 4.47. The molecule has 0 aliphatic rings. The maximum atomic E-state index is 12.0. The largest absolute Gasteiger partial charge is 0.497 e. The minimum Gasteiger partial charge on any atom is -0.497 e. The first-order valence-corrected chi connectivity index (χ1v) is 8.11. The first-order chi connectivity index (χ1) is 12.5. The molecule has 1 heterocycles. The third-order valence-electron chi connectivity index (χ3n) is 3.84. The minimum atomic E-state index is -0.522. The number of pyridine rings is 1. The third kappa shape index (κ3) is 3.50. The van der Waals surface area contributed by atoms with E-state index in [0.29, 0.717) is 33.4 Å². The Hall–Kier alpha value is -2.99. The molecule has 0 aliphatic carbocycles. The summed E-state index contributed by atoms with van der Waals surface area (Å²) in [4.78, 5) is 16.3. The van der Waals surface area contributed by atoms with Crippen LogP contribution in [-0.4, -0.2) is 32.3 Å². The van der Waals surface area contributed by atoms with Crippen LogP contribution in [0.5, 0.6) is 11.5 Å². The fourth-order valence-electron chi connectivity index (χ4n) is 2.56. The second-order valence-electron chi connectivity index (χ2n) is 5.40. The van der Waals surface area contributed by atoms with Crippen LogP contribution in [0.15, 0.2) is 42.5 Å². The number of carbonyl (C=O) groups excluding carboxylic acids is 1. The van der Waals surface area contributed by atoms with Crippen molar-refractivity contribution in [2.45, 2.75) is 0 Å². The summed E-state index contributed by atoms with van der Waals surface area (Å²) in [5.74, 6) is 0.743. The molecule has 0 fully saturated rings. The van der Waals surface area contributed by atoms with Crippen LogP contribution in [0.1, 0.15) is 10.5 Å². The van der Waals surface area contributed by atoms with Crippen molar-refractivity contribution in [3.05, 3.63) is 53.2 Å². The van der Waals surface area contributed by atoms with Crippen LogP contribution in [0.2, 0.25) is 5.02 Å². The van der Waals surface area contributed by atoms with Crippen molar-refractivity contribution >= 4 is 39.8 Å². The van der Waals surface area contributed by atoms with E-state index in [1.165, 1.54) is 7.11 Å². The van der Waals surface area contributed by atoms with Crippen LogP contribution in [0.3, 0.4) is 0 Å². The lowest BCUT2D eigenvalue weighted by molar-refractivity contribution is 0.0594. The number of fused-ring (bicyclic) bond motifs is 1. The highest BCUT2D eigenvalue weighted by Crippen LogP contribution is 2.34. The lowest BCUT2D eigenvalue weighted by Gasteiger charge is -2.15. The average molecular weight is 373 g/mol. The second kappa shape index (κ2) is 7.49. The number of halogens is 1. The number of anilines is 2. The summed E-state index contributed by atoms with van der Waals surface area (Å²) < 4.78 is 15.4. The summed E-state index contributed by atoms with van der Waals surface area (Å²) in [6.07, 6.45) is 0. The quantitative estimate of drug-likeness (QED) is 0.668. The fourth-order valence-corrected chi connectivity index (χ4v) is 2.73. The molecule has 0 bridgehead atoms. The molecule has 0 saturated carbocycles. The Morgan fingerprint density at radius 3 is 2.50 bits per heavy atom. The Morgan fingerprint density at radius 2 is 1.81 bits per heavy atom. The number of esters is 1. The zero-order valence-corrected chi connectivity index (χ0v) is 15.3. The summed E-state index contributed by atoms with van der Waals surface area (Å²) in [6, 6.07) is 12.3. The monoisotopic (exact) mass is 372 g/mol. The Balaban J connectivity index is 2.14. The number of nitrogens with one attached hydrogen (secondary N) is 1. The standard InChI is InChI=1S/C19H17ClN2O4/c1-24-12-5-7-15(18(9-12)25-2)22-16-10-17(19(23)26-3)21-14-6-4-11(20)8-13(14)16/h4-10H,1-3H3,(H,21,22). The SMILES string of the molecule is COC(=O)c1cc(Nc2ccc(OC)cc2OC)c2cc(Cl)ccc2n1. The molecular weight excluding hydrogens is 356 g/mol. The second-order valence-corrected chi connectivity index (χ2v) is 5.84. The number of ether oxygens (including phenoxy) is 3. The number of benzene rings is 2. The third-order valence-corrected chi connectivity index (χ3v) is 4.08. The van der Waals surface area contributed by atoms with Gasteiger partial charge in [-0.25, -0.2) is 9.78 Å². The minimum absolute atomic E-state index is 0.192. The van der Waals surface area contributed by atoms with Crippen molar-refractivity contribution in [2.75, 3.05) is 26.6 Å². The van der Waals surface area contributed by atoms with Gasteiger partial charge in [0.25, 0.3) is 0 Å². The molecule has 1 N–H and O–H groups in total. The molecule has 3 rings (SSSR count). The number of hydrogen-bond acceptors (Lipinski definition) is 6. The van der Waals surface area contributed by atoms with Gasteiger partial charge in [-0.05, 0) is 36.4 Å². The van der Waals surface area contributed by atoms with E-state index in [0.717, 1.165) is 5.39 Å². The topological polar surface area (TPSA) is 69.7 Å². The van der Waals surface area contributed by atoms with Crippen molar-refractivity contribution in [1.82, 2.24) is 4.98 Å². The number of methoxy groups -OCH3 is 3. The molecule has 0 amide bonds. The first-order valence-electron chi connectivity index (χ1n) is 7.73. The van der Waals surface area contributed by atoms with Gasteiger partial charge < -0.3 is 19.5 Å². The van der Waals surface area contributed by atoms with Crippen molar-refractivity contribution in [3.8, 4) is 11.5 Å². The van der Waals surface area contributed by atoms with E-state index in [4.69, 9.17) is 25.8 Å². The van der Waals surface area contributed by atoms with Gasteiger partial charge in [0, 0.05) is 16.5 Å². The lowest BCUT2D eigenvalue weighted by Crippen LogP contribution is -2.06. The van der Waals surface area contributed by atoms with E-state index in [1.807, 2.05) is 12.1 Å². The molecule has 0 saturated heterocycles. The summed E-state index contributed by atoms with van der Waals surface area (Å²) >= 11 is 6.13. The van der Waals surface area contributed by atoms with E-state index in [-0.39, 0.29) is 5.69 Å². The van der Waals surface area contributed by atoms with Crippen molar-refractivity contribution in [3.63, 3.8) is 0 Å². The van der Waals surface area contributed by atoms with Gasteiger partial charge in [0.1, 0.15) is 11.5 Å². The highest BCUT2D eigenvalue weighted by atomic mass is 35.5. The van der Waals surface area contributed by atoms with Crippen molar-refractivity contribution < 1.29 is 19.0 Å². The number of nitrogens with zero attached hydrogens (tertiary/aromatic N) is 1. The zero-order valence-electron chi connectivity index (χ0n) is 14.5. The molecular formula is C19H17ClN2O4. The highest BCUT2D eigenvalue weighted by Gasteiger charge is 2.14. The number of carbonyl (C=O) groups is 1. The molecule has 0 atom stereocenters. The van der Waals surface area contributed by atoms with Gasteiger partial charge in [-0.3, -0.25) is 0 Å². The maximum Gasteiger partial charge on any atom is 0.356 e. The molecule has 0 spiro atoms. The summed E-state index contributed by atoms with van der Waals surface area (Å²) in [5, 5.41) is 4.61. The van der Waals surface area contributed by atoms with Crippen LogP contribution in [0, 0.1) is 0 Å². The van der Waals surface area contributed by atoms with Crippen LogP contribution in [0.25, 0.3) is 10.9 Å². The van der Waals surface area contributed by atoms with Gasteiger partial charge in [-0.15, -0.1) is 0 Å². The van der Waals surface area contributed by atoms with Gasteiger partial charge in [-0.1, -0.05) is 11.6 Å². The number of aromatic nitrogens is 1. The highest BCUT2D eigenvalue weighted by molar-refractivity contribution is 6.31. The molecule has 7 heteroatoms. The number of rotatable bonds is 5. The predicted molar refractivity (Wildman–Crippen MR) is 101 cm³/mol. The first kappa shape index (κ1) is 17.8. The Bertz CT molecular complexity index is 975. The zero-order chi connectivity index (χ0) is 18.7. The van der Waals surface area contributed by atoms with Gasteiger partial charge in [-0.2, -0.15) is 0 Å². The van der Waals surface area contributed by atoms with Crippen molar-refractivity contribution in [1.29, 1.82) is 0 Å². The Kier molecular flexibility index (Phi) is 5.14. The van der Waals surface area contributed by atoms with E-state index in [2.05, 4.69) is 10.3 Å². The molecule has 1 aromatic heterocycles. The Labute approximate surface area is 155 Å². The van der Waals surface area contributed by atoms with Gasteiger partial charge >= 0.3 is 5.97 Å². The van der Waals surface area contributed by atoms with Crippen molar-refractivity contribution in [2.24, 2.45) is 0 Å². The molecule has 26 heavy (non-hydrogen) atoms. The maximum absolute atomic E-state index is 12.0. The fraction of sp³-hybridized carbons (Fsp3) is 0.158. The smallest absolute Gasteiger partial charge is 0.356 e. The van der Waals surface area contributed by atoms with E-state index >= 15 is 0 Å². The Morgan fingerprint density at radius 1 is 1.00 bits per heavy atom. The van der Waals surface area contributed by atoms with Crippen LogP contribution >= 0.6 is 11.6 Å². The van der Waals surface area contributed by atoms with Gasteiger partial charge in [0.15, 0.2) is 5.69 Å². The molecule has 0 radical (unpaired) electrons. The summed E-state index contributed by atoms with van der Waals surface area (Å²) in [5.41, 5.74) is 2.17. The molecule has 3 aromatic rings. The predicted octanol–water partition coefficient (Wildman–Crippen LogP) is 4.44. The van der Waals surface area contributed by atoms with E-state index in [9.17, 15) is 4.79 Å². The molecule has 0 aliphatic heterocycles. The average Bonchev–Trinajstić information content (AvgIpc) is 2.67. The van der Waals surface area contributed by atoms with Crippen LogP contribution in [0.4, 0.5) is 11.4 Å². The van der Waals surface area contributed by atoms with Crippen LogP contribution < -0.4 is 14.8 Å². The molecule has 0 unspecified atom stereocenters. The molecule has 134 valence electrons. The van der Waals surface area contributed by atoms with Gasteiger partial charge in [0.2, 0.25) is 0 Å². The molecule has 6 nitrogen and oxygen atoms in total. The lowest BCUT2D eigenvalue weighted by atomic mass is 10.1. The summed E-state index contributed by atoms with van der Waals surface area (Å²) in [6.45, 7) is 0. The van der Waals surface area contributed by atoms with E-state index < -0.39 is 5.97 Å². The van der Waals surface area contributed by atoms with Gasteiger partial charge in [0.05, 0.1) is 38.2 Å². The van der Waals surface area contributed by atoms with E-state index in [1.54, 1.807) is 44.6 Å². The number of hydrogen-bond donors (Lipinski definition) is 1. The molecule has 2 aromatic carbocycles. The van der Waals surface area contributed by atoms with Crippen LogP contribution in [-0.2, 0) is 4.74 Å².